The predicted octanol–water partition coefficient (Wildman–Crippen LogP) is 2.90. The van der Waals surface area contributed by atoms with Gasteiger partial charge in [0.05, 0.1) is 0 Å². The van der Waals surface area contributed by atoms with Crippen molar-refractivity contribution in [1.29, 1.82) is 0 Å². The SMILES string of the molecule is CC(C)CC(C)(F)C1CCCCN1. The fourth-order valence-electron chi connectivity index (χ4n) is 2.31. The number of hydrogen-bond donors (Lipinski definition) is 1. The average molecular weight is 187 g/mol. The lowest BCUT2D eigenvalue weighted by molar-refractivity contribution is 0.0843. The summed E-state index contributed by atoms with van der Waals surface area (Å²) in [6.07, 6.45) is 4.05. The molecule has 1 aliphatic rings. The van der Waals surface area contributed by atoms with Crippen LogP contribution in [0.2, 0.25) is 0 Å². The van der Waals surface area contributed by atoms with Crippen LogP contribution in [0.4, 0.5) is 4.39 Å². The molecule has 78 valence electrons. The molecule has 13 heavy (non-hydrogen) atoms. The highest BCUT2D eigenvalue weighted by atomic mass is 19.1. The van der Waals surface area contributed by atoms with Gasteiger partial charge < -0.3 is 5.32 Å². The van der Waals surface area contributed by atoms with Crippen molar-refractivity contribution in [2.75, 3.05) is 6.54 Å². The summed E-state index contributed by atoms with van der Waals surface area (Å²) in [6.45, 7) is 6.90. The predicted molar refractivity (Wildman–Crippen MR) is 54.6 cm³/mol. The molecule has 2 atom stereocenters. The molecular formula is C11H22FN. The third kappa shape index (κ3) is 3.26. The van der Waals surface area contributed by atoms with E-state index in [1.54, 1.807) is 6.92 Å². The standard InChI is InChI=1S/C11H22FN/c1-9(2)8-11(3,12)10-6-4-5-7-13-10/h9-10,13H,4-8H2,1-3H3. The van der Waals surface area contributed by atoms with E-state index in [0.29, 0.717) is 12.3 Å². The summed E-state index contributed by atoms with van der Waals surface area (Å²) in [5.41, 5.74) is -1.02. The third-order valence-corrected chi connectivity index (χ3v) is 2.84. The molecule has 1 saturated heterocycles. The van der Waals surface area contributed by atoms with Crippen LogP contribution in [0.5, 0.6) is 0 Å². The molecule has 0 aromatic heterocycles. The van der Waals surface area contributed by atoms with Gasteiger partial charge in [-0.15, -0.1) is 0 Å². The maximum Gasteiger partial charge on any atom is 0.123 e. The Labute approximate surface area is 81.1 Å². The topological polar surface area (TPSA) is 12.0 Å². The number of nitrogens with one attached hydrogen (secondary N) is 1. The summed E-state index contributed by atoms with van der Waals surface area (Å²) >= 11 is 0. The molecule has 0 spiro atoms. The summed E-state index contributed by atoms with van der Waals surface area (Å²) in [5, 5.41) is 3.29. The molecule has 1 aliphatic heterocycles. The highest BCUT2D eigenvalue weighted by Gasteiger charge is 2.35. The third-order valence-electron chi connectivity index (χ3n) is 2.84. The van der Waals surface area contributed by atoms with Crippen molar-refractivity contribution in [1.82, 2.24) is 5.32 Å². The first-order valence-electron chi connectivity index (χ1n) is 5.44. The van der Waals surface area contributed by atoms with Crippen molar-refractivity contribution in [3.63, 3.8) is 0 Å². The summed E-state index contributed by atoms with van der Waals surface area (Å²) in [4.78, 5) is 0. The van der Waals surface area contributed by atoms with Crippen molar-refractivity contribution >= 4 is 0 Å². The quantitative estimate of drug-likeness (QED) is 0.716. The number of hydrogen-bond acceptors (Lipinski definition) is 1. The van der Waals surface area contributed by atoms with E-state index in [-0.39, 0.29) is 6.04 Å². The van der Waals surface area contributed by atoms with E-state index in [2.05, 4.69) is 19.2 Å². The Balaban J connectivity index is 2.45. The lowest BCUT2D eigenvalue weighted by atomic mass is 9.85. The van der Waals surface area contributed by atoms with Gasteiger partial charge in [-0.3, -0.25) is 0 Å². The Bertz CT molecular complexity index is 148. The zero-order chi connectivity index (χ0) is 9.90. The molecule has 1 rings (SSSR count). The summed E-state index contributed by atoms with van der Waals surface area (Å²) in [6, 6.07) is 0.0867. The van der Waals surface area contributed by atoms with Crippen LogP contribution in [-0.2, 0) is 0 Å². The van der Waals surface area contributed by atoms with Gasteiger partial charge in [-0.05, 0) is 38.6 Å². The smallest absolute Gasteiger partial charge is 0.123 e. The van der Waals surface area contributed by atoms with Crippen LogP contribution in [-0.4, -0.2) is 18.3 Å². The molecule has 1 heterocycles. The van der Waals surface area contributed by atoms with E-state index in [1.165, 1.54) is 12.8 Å². The van der Waals surface area contributed by atoms with Crippen molar-refractivity contribution in [3.8, 4) is 0 Å². The monoisotopic (exact) mass is 187 g/mol. The maximum absolute atomic E-state index is 14.2. The van der Waals surface area contributed by atoms with Crippen LogP contribution in [0.1, 0.15) is 46.5 Å². The first-order valence-corrected chi connectivity index (χ1v) is 5.44. The Morgan fingerprint density at radius 2 is 2.15 bits per heavy atom. The van der Waals surface area contributed by atoms with Crippen molar-refractivity contribution in [3.05, 3.63) is 0 Å². The molecule has 0 aromatic rings. The molecule has 0 aliphatic carbocycles. The molecule has 0 amide bonds. The molecule has 1 nitrogen and oxygen atoms in total. The Morgan fingerprint density at radius 3 is 2.62 bits per heavy atom. The molecule has 1 fully saturated rings. The largest absolute Gasteiger partial charge is 0.311 e. The average Bonchev–Trinajstić information content (AvgIpc) is 2.04. The molecule has 2 unspecified atom stereocenters. The minimum absolute atomic E-state index is 0.0867. The molecule has 0 saturated carbocycles. The molecule has 0 bridgehead atoms. The molecule has 2 heteroatoms. The number of rotatable bonds is 3. The van der Waals surface area contributed by atoms with Gasteiger partial charge in [0.25, 0.3) is 0 Å². The van der Waals surface area contributed by atoms with E-state index < -0.39 is 5.67 Å². The number of alkyl halides is 1. The van der Waals surface area contributed by atoms with E-state index in [0.717, 1.165) is 13.0 Å². The first kappa shape index (κ1) is 11.0. The summed E-state index contributed by atoms with van der Waals surface area (Å²) in [7, 11) is 0. The van der Waals surface area contributed by atoms with Crippen molar-refractivity contribution in [2.24, 2.45) is 5.92 Å². The molecule has 1 N–H and O–H groups in total. The van der Waals surface area contributed by atoms with Gasteiger partial charge in [0.1, 0.15) is 5.67 Å². The van der Waals surface area contributed by atoms with Gasteiger partial charge in [0.15, 0.2) is 0 Å². The molecule has 0 radical (unpaired) electrons. The summed E-state index contributed by atoms with van der Waals surface area (Å²) < 4.78 is 14.2. The number of halogens is 1. The molecular weight excluding hydrogens is 165 g/mol. The fourth-order valence-corrected chi connectivity index (χ4v) is 2.31. The fraction of sp³-hybridized carbons (Fsp3) is 1.00. The highest BCUT2D eigenvalue weighted by Crippen LogP contribution is 2.29. The van der Waals surface area contributed by atoms with E-state index >= 15 is 0 Å². The van der Waals surface area contributed by atoms with Crippen LogP contribution < -0.4 is 5.32 Å². The Morgan fingerprint density at radius 1 is 1.46 bits per heavy atom. The highest BCUT2D eigenvalue weighted by molar-refractivity contribution is 4.90. The van der Waals surface area contributed by atoms with Gasteiger partial charge in [0.2, 0.25) is 0 Å². The normalized spacial score (nSPS) is 28.8. The summed E-state index contributed by atoms with van der Waals surface area (Å²) in [5.74, 6) is 0.443. The minimum Gasteiger partial charge on any atom is -0.311 e. The van der Waals surface area contributed by atoms with Crippen LogP contribution in [0.3, 0.4) is 0 Å². The zero-order valence-corrected chi connectivity index (χ0v) is 9.07. The minimum atomic E-state index is -1.02. The van der Waals surface area contributed by atoms with Crippen LogP contribution in [0.15, 0.2) is 0 Å². The van der Waals surface area contributed by atoms with E-state index in [9.17, 15) is 4.39 Å². The van der Waals surface area contributed by atoms with Crippen molar-refractivity contribution < 1.29 is 4.39 Å². The van der Waals surface area contributed by atoms with Crippen molar-refractivity contribution in [2.45, 2.75) is 58.2 Å². The molecule has 0 aromatic carbocycles. The number of piperidine rings is 1. The van der Waals surface area contributed by atoms with E-state index in [4.69, 9.17) is 0 Å². The van der Waals surface area contributed by atoms with Crippen LogP contribution in [0.25, 0.3) is 0 Å². The van der Waals surface area contributed by atoms with Gasteiger partial charge in [-0.2, -0.15) is 0 Å². The van der Waals surface area contributed by atoms with Gasteiger partial charge in [-0.25, -0.2) is 4.39 Å². The zero-order valence-electron chi connectivity index (χ0n) is 9.07. The van der Waals surface area contributed by atoms with Crippen LogP contribution in [0, 0.1) is 5.92 Å². The Hall–Kier alpha value is -0.110. The lowest BCUT2D eigenvalue weighted by Gasteiger charge is -2.35. The first-order chi connectivity index (χ1) is 6.02. The maximum atomic E-state index is 14.2. The van der Waals surface area contributed by atoms with E-state index in [1.807, 2.05) is 0 Å². The van der Waals surface area contributed by atoms with Crippen LogP contribution >= 0.6 is 0 Å². The van der Waals surface area contributed by atoms with Gasteiger partial charge in [-0.1, -0.05) is 20.3 Å². The van der Waals surface area contributed by atoms with Gasteiger partial charge >= 0.3 is 0 Å². The lowest BCUT2D eigenvalue weighted by Crippen LogP contribution is -2.48. The second kappa shape index (κ2) is 4.41. The van der Waals surface area contributed by atoms with Gasteiger partial charge in [0, 0.05) is 6.04 Å². The second-order valence-corrected chi connectivity index (χ2v) is 4.88. The Kier molecular flexibility index (Phi) is 3.72. The second-order valence-electron chi connectivity index (χ2n) is 4.88.